The van der Waals surface area contributed by atoms with Crippen molar-refractivity contribution in [2.24, 2.45) is 0 Å². The molecule has 2 N–H and O–H groups in total. The second-order valence-electron chi connectivity index (χ2n) is 5.18. The highest BCUT2D eigenvalue weighted by atomic mass is 15.3. The van der Waals surface area contributed by atoms with Crippen LogP contribution in [0.2, 0.25) is 0 Å². The molecule has 1 fully saturated rings. The highest BCUT2D eigenvalue weighted by Gasteiger charge is 2.17. The Hall–Kier alpha value is -2.07. The minimum atomic E-state index is 0.832. The van der Waals surface area contributed by atoms with Crippen LogP contribution in [0, 0.1) is 0 Å². The van der Waals surface area contributed by atoms with E-state index in [1.54, 1.807) is 0 Å². The van der Waals surface area contributed by atoms with Crippen LogP contribution >= 0.6 is 0 Å². The fourth-order valence-corrected chi connectivity index (χ4v) is 2.61. The number of nitrogens with two attached hydrogens (primary N) is 1. The molecule has 4 heteroatoms. The number of nitrogens with zero attached hydrogens (tertiary/aromatic N) is 3. The van der Waals surface area contributed by atoms with Crippen LogP contribution in [-0.4, -0.2) is 36.1 Å². The van der Waals surface area contributed by atoms with E-state index in [9.17, 15) is 0 Å². The minimum absolute atomic E-state index is 0.832. The van der Waals surface area contributed by atoms with Crippen molar-refractivity contribution >= 4 is 11.4 Å². The number of piperazine rings is 1. The van der Waals surface area contributed by atoms with Gasteiger partial charge in [0, 0.05) is 50.3 Å². The average molecular weight is 268 g/mol. The van der Waals surface area contributed by atoms with Gasteiger partial charge in [-0.3, -0.25) is 9.88 Å². The molecule has 1 aliphatic heterocycles. The Kier molecular flexibility index (Phi) is 3.83. The maximum atomic E-state index is 5.85. The third kappa shape index (κ3) is 3.08. The molecular formula is C16H20N4. The van der Waals surface area contributed by atoms with E-state index in [2.05, 4.69) is 33.0 Å². The Morgan fingerprint density at radius 2 is 1.85 bits per heavy atom. The van der Waals surface area contributed by atoms with Gasteiger partial charge in [-0.2, -0.15) is 0 Å². The summed E-state index contributed by atoms with van der Waals surface area (Å²) in [7, 11) is 0. The maximum absolute atomic E-state index is 5.85. The van der Waals surface area contributed by atoms with Crippen LogP contribution in [0.4, 0.5) is 11.4 Å². The van der Waals surface area contributed by atoms with Crippen LogP contribution in [0.5, 0.6) is 0 Å². The molecule has 0 atom stereocenters. The molecular weight excluding hydrogens is 248 g/mol. The molecule has 0 saturated carbocycles. The molecule has 0 aliphatic carbocycles. The van der Waals surface area contributed by atoms with Gasteiger partial charge in [0.25, 0.3) is 0 Å². The second kappa shape index (κ2) is 5.92. The van der Waals surface area contributed by atoms with Crippen LogP contribution in [0.25, 0.3) is 0 Å². The fourth-order valence-electron chi connectivity index (χ4n) is 2.61. The van der Waals surface area contributed by atoms with Crippen LogP contribution in [0.15, 0.2) is 48.7 Å². The van der Waals surface area contributed by atoms with Crippen LogP contribution in [0.1, 0.15) is 5.69 Å². The zero-order valence-electron chi connectivity index (χ0n) is 11.6. The lowest BCUT2D eigenvalue weighted by Crippen LogP contribution is -2.46. The highest BCUT2D eigenvalue weighted by Crippen LogP contribution is 2.19. The lowest BCUT2D eigenvalue weighted by molar-refractivity contribution is 0.247. The molecule has 0 amide bonds. The van der Waals surface area contributed by atoms with Crippen molar-refractivity contribution in [2.45, 2.75) is 6.54 Å². The van der Waals surface area contributed by atoms with Gasteiger partial charge in [-0.25, -0.2) is 0 Å². The summed E-state index contributed by atoms with van der Waals surface area (Å²) in [4.78, 5) is 9.23. The zero-order chi connectivity index (χ0) is 13.8. The van der Waals surface area contributed by atoms with Gasteiger partial charge in [0.2, 0.25) is 0 Å². The van der Waals surface area contributed by atoms with Gasteiger partial charge in [0.15, 0.2) is 0 Å². The SMILES string of the molecule is Nc1cccc(N2CCN(Cc3ccccn3)CC2)c1. The topological polar surface area (TPSA) is 45.4 Å². The molecule has 104 valence electrons. The minimum Gasteiger partial charge on any atom is -0.399 e. The fraction of sp³-hybridized carbons (Fsp3) is 0.312. The van der Waals surface area contributed by atoms with Gasteiger partial charge < -0.3 is 10.6 Å². The molecule has 0 bridgehead atoms. The van der Waals surface area contributed by atoms with E-state index < -0.39 is 0 Å². The summed E-state index contributed by atoms with van der Waals surface area (Å²) in [6, 6.07) is 14.2. The number of anilines is 2. The van der Waals surface area contributed by atoms with Crippen molar-refractivity contribution in [1.82, 2.24) is 9.88 Å². The van der Waals surface area contributed by atoms with E-state index in [1.165, 1.54) is 5.69 Å². The van der Waals surface area contributed by atoms with E-state index in [1.807, 2.05) is 30.5 Å². The van der Waals surface area contributed by atoms with Gasteiger partial charge in [-0.05, 0) is 30.3 Å². The van der Waals surface area contributed by atoms with Crippen molar-refractivity contribution in [3.63, 3.8) is 0 Å². The van der Waals surface area contributed by atoms with E-state index in [-0.39, 0.29) is 0 Å². The number of hydrogen-bond donors (Lipinski definition) is 1. The maximum Gasteiger partial charge on any atom is 0.0543 e. The number of pyridine rings is 1. The van der Waals surface area contributed by atoms with Gasteiger partial charge in [0.1, 0.15) is 0 Å². The first-order valence-electron chi connectivity index (χ1n) is 7.04. The van der Waals surface area contributed by atoms with E-state index in [0.717, 1.165) is 44.1 Å². The zero-order valence-corrected chi connectivity index (χ0v) is 11.6. The first kappa shape index (κ1) is 12.9. The molecule has 2 aromatic rings. The van der Waals surface area contributed by atoms with E-state index >= 15 is 0 Å². The summed E-state index contributed by atoms with van der Waals surface area (Å²) < 4.78 is 0. The predicted molar refractivity (Wildman–Crippen MR) is 82.6 cm³/mol. The number of benzene rings is 1. The first-order valence-corrected chi connectivity index (χ1v) is 7.04. The predicted octanol–water partition coefficient (Wildman–Crippen LogP) is 1.99. The number of rotatable bonds is 3. The molecule has 1 aliphatic rings. The van der Waals surface area contributed by atoms with Crippen molar-refractivity contribution in [2.75, 3.05) is 36.8 Å². The highest BCUT2D eigenvalue weighted by molar-refractivity contribution is 5.56. The standard InChI is InChI=1S/C16H20N4/c17-14-4-3-6-16(12-14)20-10-8-19(9-11-20)13-15-5-1-2-7-18-15/h1-7,12H,8-11,13,17H2. The summed E-state index contributed by atoms with van der Waals surface area (Å²) in [5, 5.41) is 0. The van der Waals surface area contributed by atoms with Crippen molar-refractivity contribution in [3.8, 4) is 0 Å². The molecule has 0 radical (unpaired) electrons. The first-order chi connectivity index (χ1) is 9.81. The molecule has 2 heterocycles. The smallest absolute Gasteiger partial charge is 0.0543 e. The van der Waals surface area contributed by atoms with Crippen LogP contribution in [-0.2, 0) is 6.54 Å². The van der Waals surface area contributed by atoms with Gasteiger partial charge in [0.05, 0.1) is 5.69 Å². The molecule has 0 spiro atoms. The van der Waals surface area contributed by atoms with Gasteiger partial charge in [-0.15, -0.1) is 0 Å². The quantitative estimate of drug-likeness (QED) is 0.865. The molecule has 1 aromatic heterocycles. The summed E-state index contributed by atoms with van der Waals surface area (Å²) in [5.41, 5.74) is 9.05. The van der Waals surface area contributed by atoms with Crippen LogP contribution in [0.3, 0.4) is 0 Å². The Morgan fingerprint density at radius 3 is 2.55 bits per heavy atom. The lowest BCUT2D eigenvalue weighted by atomic mass is 10.2. The molecule has 3 rings (SSSR count). The Labute approximate surface area is 119 Å². The van der Waals surface area contributed by atoms with Gasteiger partial charge >= 0.3 is 0 Å². The van der Waals surface area contributed by atoms with Crippen molar-refractivity contribution in [3.05, 3.63) is 54.4 Å². The molecule has 1 saturated heterocycles. The lowest BCUT2D eigenvalue weighted by Gasteiger charge is -2.36. The van der Waals surface area contributed by atoms with Gasteiger partial charge in [-0.1, -0.05) is 12.1 Å². The second-order valence-corrected chi connectivity index (χ2v) is 5.18. The number of nitrogen functional groups attached to an aromatic ring is 1. The number of aromatic nitrogens is 1. The van der Waals surface area contributed by atoms with Crippen LogP contribution < -0.4 is 10.6 Å². The Morgan fingerprint density at radius 1 is 1.00 bits per heavy atom. The van der Waals surface area contributed by atoms with E-state index in [0.29, 0.717) is 0 Å². The molecule has 4 nitrogen and oxygen atoms in total. The summed E-state index contributed by atoms with van der Waals surface area (Å²) in [6.07, 6.45) is 1.86. The summed E-state index contributed by atoms with van der Waals surface area (Å²) in [6.45, 7) is 5.13. The Bertz CT molecular complexity index is 547. The normalized spacial score (nSPS) is 16.3. The largest absolute Gasteiger partial charge is 0.399 e. The summed E-state index contributed by atoms with van der Waals surface area (Å²) >= 11 is 0. The van der Waals surface area contributed by atoms with Crippen molar-refractivity contribution in [1.29, 1.82) is 0 Å². The third-order valence-corrected chi connectivity index (χ3v) is 3.72. The van der Waals surface area contributed by atoms with E-state index in [4.69, 9.17) is 5.73 Å². The molecule has 0 unspecified atom stereocenters. The molecule has 20 heavy (non-hydrogen) atoms. The third-order valence-electron chi connectivity index (χ3n) is 3.72. The average Bonchev–Trinajstić information content (AvgIpc) is 2.49. The monoisotopic (exact) mass is 268 g/mol. The number of hydrogen-bond acceptors (Lipinski definition) is 4. The Balaban J connectivity index is 1.57. The summed E-state index contributed by atoms with van der Waals surface area (Å²) in [5.74, 6) is 0. The molecule has 1 aromatic carbocycles. The van der Waals surface area contributed by atoms with Crippen molar-refractivity contribution < 1.29 is 0 Å².